The SMILES string of the molecule is COc1nn2cc(-c3cc4c(F)cc(OCC5=CCCC(OCc6ccccc6)=C5)cc4o3)nc2s1. The van der Waals surface area contributed by atoms with Crippen molar-refractivity contribution in [3.8, 4) is 22.4 Å². The highest BCUT2D eigenvalue weighted by Crippen LogP contribution is 2.33. The molecule has 2 aromatic carbocycles. The molecule has 182 valence electrons. The normalized spacial score (nSPS) is 13.6. The van der Waals surface area contributed by atoms with E-state index in [1.807, 2.05) is 36.4 Å². The maximum Gasteiger partial charge on any atom is 0.294 e. The molecule has 6 rings (SSSR count). The van der Waals surface area contributed by atoms with Crippen LogP contribution >= 0.6 is 11.3 Å². The van der Waals surface area contributed by atoms with Crippen LogP contribution in [0.5, 0.6) is 10.9 Å². The molecule has 0 amide bonds. The summed E-state index contributed by atoms with van der Waals surface area (Å²) in [4.78, 5) is 5.16. The summed E-state index contributed by atoms with van der Waals surface area (Å²) in [5.41, 5.74) is 3.07. The molecular formula is C27H22FN3O4S. The second-order valence-electron chi connectivity index (χ2n) is 8.34. The van der Waals surface area contributed by atoms with Gasteiger partial charge in [0.2, 0.25) is 4.96 Å². The van der Waals surface area contributed by atoms with Crippen molar-refractivity contribution in [1.29, 1.82) is 0 Å². The van der Waals surface area contributed by atoms with Crippen molar-refractivity contribution in [1.82, 2.24) is 14.6 Å². The molecule has 9 heteroatoms. The number of allylic oxidation sites excluding steroid dienone is 2. The van der Waals surface area contributed by atoms with Crippen LogP contribution in [0.15, 0.2) is 82.6 Å². The van der Waals surface area contributed by atoms with Gasteiger partial charge in [-0.15, -0.1) is 5.10 Å². The number of aromatic nitrogens is 3. The molecule has 1 aliphatic carbocycles. The van der Waals surface area contributed by atoms with Crippen LogP contribution < -0.4 is 9.47 Å². The van der Waals surface area contributed by atoms with E-state index in [9.17, 15) is 4.39 Å². The van der Waals surface area contributed by atoms with Gasteiger partial charge in [0.25, 0.3) is 5.19 Å². The average Bonchev–Trinajstić information content (AvgIpc) is 3.60. The maximum atomic E-state index is 14.9. The molecule has 0 radical (unpaired) electrons. The second kappa shape index (κ2) is 9.50. The molecule has 0 unspecified atom stereocenters. The van der Waals surface area contributed by atoms with Gasteiger partial charge in [0.1, 0.15) is 36.1 Å². The monoisotopic (exact) mass is 503 g/mol. The Hall–Kier alpha value is -4.11. The zero-order chi connectivity index (χ0) is 24.5. The first-order chi connectivity index (χ1) is 17.6. The molecule has 0 fully saturated rings. The Balaban J connectivity index is 1.15. The van der Waals surface area contributed by atoms with Crippen molar-refractivity contribution in [3.05, 3.63) is 89.6 Å². The molecule has 7 nitrogen and oxygen atoms in total. The van der Waals surface area contributed by atoms with E-state index in [1.165, 1.54) is 17.4 Å². The minimum absolute atomic E-state index is 0.307. The maximum absolute atomic E-state index is 14.9. The molecule has 5 aromatic rings. The Labute approximate surface area is 210 Å². The number of benzene rings is 2. The van der Waals surface area contributed by atoms with Crippen LogP contribution in [0.25, 0.3) is 27.4 Å². The molecule has 0 N–H and O–H groups in total. The molecule has 36 heavy (non-hydrogen) atoms. The number of imidazole rings is 1. The minimum Gasteiger partial charge on any atom is -0.493 e. The van der Waals surface area contributed by atoms with E-state index in [2.05, 4.69) is 16.2 Å². The largest absolute Gasteiger partial charge is 0.493 e. The van der Waals surface area contributed by atoms with Crippen LogP contribution in [0.4, 0.5) is 4.39 Å². The molecule has 0 aliphatic heterocycles. The van der Waals surface area contributed by atoms with Crippen molar-refractivity contribution >= 4 is 27.3 Å². The van der Waals surface area contributed by atoms with Crippen LogP contribution in [0, 0.1) is 5.82 Å². The molecule has 0 bridgehead atoms. The summed E-state index contributed by atoms with van der Waals surface area (Å²) >= 11 is 1.31. The van der Waals surface area contributed by atoms with Gasteiger partial charge in [-0.1, -0.05) is 36.4 Å². The fourth-order valence-corrected chi connectivity index (χ4v) is 4.73. The summed E-state index contributed by atoms with van der Waals surface area (Å²) in [5.74, 6) is 1.35. The lowest BCUT2D eigenvalue weighted by Crippen LogP contribution is -2.05. The van der Waals surface area contributed by atoms with E-state index >= 15 is 0 Å². The summed E-state index contributed by atoms with van der Waals surface area (Å²) in [5, 5.41) is 5.14. The molecular weight excluding hydrogens is 481 g/mol. The first-order valence-corrected chi connectivity index (χ1v) is 12.3. The lowest BCUT2D eigenvalue weighted by Gasteiger charge is -2.16. The van der Waals surface area contributed by atoms with Crippen molar-refractivity contribution in [3.63, 3.8) is 0 Å². The Morgan fingerprint density at radius 3 is 2.83 bits per heavy atom. The number of methoxy groups -OCH3 is 1. The predicted molar refractivity (Wildman–Crippen MR) is 135 cm³/mol. The highest BCUT2D eigenvalue weighted by molar-refractivity contribution is 7.18. The Kier molecular flexibility index (Phi) is 5.90. The molecule has 0 saturated heterocycles. The zero-order valence-corrected chi connectivity index (χ0v) is 20.3. The van der Waals surface area contributed by atoms with Crippen LogP contribution in [0.3, 0.4) is 0 Å². The van der Waals surface area contributed by atoms with Gasteiger partial charge in [-0.2, -0.15) is 0 Å². The van der Waals surface area contributed by atoms with Crippen molar-refractivity contribution < 1.29 is 23.0 Å². The van der Waals surface area contributed by atoms with Crippen molar-refractivity contribution in [2.75, 3.05) is 13.7 Å². The number of nitrogens with zero attached hydrogens (tertiary/aromatic N) is 3. The third kappa shape index (κ3) is 4.57. The van der Waals surface area contributed by atoms with Gasteiger partial charge in [0.05, 0.1) is 24.5 Å². The highest BCUT2D eigenvalue weighted by Gasteiger charge is 2.17. The smallest absolute Gasteiger partial charge is 0.294 e. The number of furan rings is 1. The first-order valence-electron chi connectivity index (χ1n) is 11.5. The van der Waals surface area contributed by atoms with Gasteiger partial charge in [-0.3, -0.25) is 0 Å². The van der Waals surface area contributed by atoms with Crippen LogP contribution in [0.2, 0.25) is 0 Å². The molecule has 3 heterocycles. The number of rotatable bonds is 8. The fourth-order valence-electron chi connectivity index (χ4n) is 4.03. The fraction of sp³-hybridized carbons (Fsp3) is 0.185. The number of fused-ring (bicyclic) bond motifs is 2. The number of hydrogen-bond donors (Lipinski definition) is 0. The van der Waals surface area contributed by atoms with Gasteiger partial charge in [-0.05, 0) is 41.0 Å². The summed E-state index contributed by atoms with van der Waals surface area (Å²) < 4.78 is 39.4. The Morgan fingerprint density at radius 2 is 2.00 bits per heavy atom. The van der Waals surface area contributed by atoms with Crippen molar-refractivity contribution in [2.45, 2.75) is 19.4 Å². The van der Waals surface area contributed by atoms with Gasteiger partial charge < -0.3 is 18.6 Å². The number of ether oxygens (including phenoxy) is 3. The van der Waals surface area contributed by atoms with E-state index in [0.29, 0.717) is 51.5 Å². The van der Waals surface area contributed by atoms with Crippen LogP contribution in [-0.4, -0.2) is 28.3 Å². The predicted octanol–water partition coefficient (Wildman–Crippen LogP) is 6.55. The molecule has 0 atom stereocenters. The Morgan fingerprint density at radius 1 is 1.11 bits per heavy atom. The third-order valence-electron chi connectivity index (χ3n) is 5.83. The van der Waals surface area contributed by atoms with Crippen molar-refractivity contribution in [2.24, 2.45) is 0 Å². The quantitative estimate of drug-likeness (QED) is 0.239. The standard InChI is InChI=1S/C27H22FN3O4S/c1-32-27-30-31-14-23(29-26(31)36-27)25-13-21-22(28)11-20(12-24(21)35-25)34-16-18-8-5-9-19(10-18)33-15-17-6-3-2-4-7-17/h2-4,6-8,10-14H,5,9,15-16H2,1H3. The summed E-state index contributed by atoms with van der Waals surface area (Å²) in [7, 11) is 1.56. The average molecular weight is 504 g/mol. The van der Waals surface area contributed by atoms with E-state index in [4.69, 9.17) is 18.6 Å². The van der Waals surface area contributed by atoms with Gasteiger partial charge >= 0.3 is 0 Å². The number of halogens is 1. The van der Waals surface area contributed by atoms with Gasteiger partial charge in [-0.25, -0.2) is 13.9 Å². The van der Waals surface area contributed by atoms with Crippen LogP contribution in [0.1, 0.15) is 18.4 Å². The molecule has 1 aliphatic rings. The van der Waals surface area contributed by atoms with E-state index < -0.39 is 5.82 Å². The summed E-state index contributed by atoms with van der Waals surface area (Å²) in [6.07, 6.45) is 7.56. The minimum atomic E-state index is -0.418. The molecule has 0 spiro atoms. The van der Waals surface area contributed by atoms with E-state index in [1.54, 1.807) is 30.0 Å². The van der Waals surface area contributed by atoms with Crippen LogP contribution in [-0.2, 0) is 11.3 Å². The van der Waals surface area contributed by atoms with Gasteiger partial charge in [0.15, 0.2) is 5.76 Å². The van der Waals surface area contributed by atoms with Gasteiger partial charge in [0, 0.05) is 18.6 Å². The molecule has 0 saturated carbocycles. The lowest BCUT2D eigenvalue weighted by atomic mass is 10.1. The number of hydrogen-bond acceptors (Lipinski definition) is 7. The summed E-state index contributed by atoms with van der Waals surface area (Å²) in [6.45, 7) is 0.837. The zero-order valence-electron chi connectivity index (χ0n) is 19.4. The van der Waals surface area contributed by atoms with E-state index in [0.717, 1.165) is 29.7 Å². The topological polar surface area (TPSA) is 71.0 Å². The first kappa shape index (κ1) is 22.4. The third-order valence-corrected chi connectivity index (χ3v) is 6.71. The summed E-state index contributed by atoms with van der Waals surface area (Å²) in [6, 6.07) is 14.8. The lowest BCUT2D eigenvalue weighted by molar-refractivity contribution is 0.187. The highest BCUT2D eigenvalue weighted by atomic mass is 32.1. The Bertz CT molecular complexity index is 1570. The second-order valence-corrected chi connectivity index (χ2v) is 9.26. The molecule has 3 aromatic heterocycles. The van der Waals surface area contributed by atoms with E-state index in [-0.39, 0.29) is 0 Å².